The van der Waals surface area contributed by atoms with Gasteiger partial charge in [-0.25, -0.2) is 0 Å². The van der Waals surface area contributed by atoms with Crippen molar-refractivity contribution < 1.29 is 29.6 Å². The highest BCUT2D eigenvalue weighted by Crippen LogP contribution is 2.46. The van der Waals surface area contributed by atoms with Gasteiger partial charge < -0.3 is 24.8 Å². The smallest absolute Gasteiger partial charge is 0.309 e. The summed E-state index contributed by atoms with van der Waals surface area (Å²) in [5.74, 6) is -1.04. The van der Waals surface area contributed by atoms with Crippen molar-refractivity contribution in [2.45, 2.75) is 39.1 Å². The number of rotatable bonds is 5. The molecule has 2 aliphatic rings. The molecule has 2 rings (SSSR count). The maximum absolute atomic E-state index is 11.8. The Kier molecular flexibility index (Phi) is 5.24. The zero-order chi connectivity index (χ0) is 15.6. The van der Waals surface area contributed by atoms with E-state index in [0.29, 0.717) is 18.4 Å². The lowest BCUT2D eigenvalue weighted by Crippen LogP contribution is -2.40. The normalized spacial score (nSPS) is 35.1. The highest BCUT2D eigenvalue weighted by molar-refractivity contribution is 5.69. The molecule has 1 saturated carbocycles. The molecule has 0 amide bonds. The molecule has 0 saturated heterocycles. The van der Waals surface area contributed by atoms with Crippen LogP contribution >= 0.6 is 0 Å². The van der Waals surface area contributed by atoms with Crippen LogP contribution in [0.2, 0.25) is 0 Å². The summed E-state index contributed by atoms with van der Waals surface area (Å²) in [5.41, 5.74) is 0.672. The van der Waals surface area contributed by atoms with Gasteiger partial charge in [0.15, 0.2) is 0 Å². The van der Waals surface area contributed by atoms with Gasteiger partial charge in [-0.15, -0.1) is 0 Å². The van der Waals surface area contributed by atoms with Crippen molar-refractivity contribution in [2.75, 3.05) is 13.2 Å². The van der Waals surface area contributed by atoms with E-state index in [1.165, 1.54) is 6.26 Å². The first kappa shape index (κ1) is 16.3. The molecule has 0 aromatic heterocycles. The Balaban J connectivity index is 2.14. The highest BCUT2D eigenvalue weighted by Gasteiger charge is 2.51. The topological polar surface area (TPSA) is 96.2 Å². The Morgan fingerprint density at radius 1 is 1.48 bits per heavy atom. The molecule has 5 atom stereocenters. The molecule has 0 radical (unpaired) electrons. The van der Waals surface area contributed by atoms with Gasteiger partial charge in [-0.1, -0.05) is 13.8 Å². The van der Waals surface area contributed by atoms with Crippen LogP contribution in [0.5, 0.6) is 0 Å². The van der Waals surface area contributed by atoms with Crippen molar-refractivity contribution in [3.63, 3.8) is 0 Å². The van der Waals surface area contributed by atoms with E-state index in [0.717, 1.165) is 0 Å². The Morgan fingerprint density at radius 3 is 2.76 bits per heavy atom. The van der Waals surface area contributed by atoms with Crippen molar-refractivity contribution in [3.05, 3.63) is 11.8 Å². The van der Waals surface area contributed by atoms with Crippen LogP contribution in [0.3, 0.4) is 0 Å². The number of hydrogen-bond donors (Lipinski definition) is 3. The van der Waals surface area contributed by atoms with E-state index in [1.807, 2.05) is 13.8 Å². The van der Waals surface area contributed by atoms with Gasteiger partial charge in [0, 0.05) is 24.9 Å². The number of esters is 1. The lowest BCUT2D eigenvalue weighted by molar-refractivity contribution is -0.191. The van der Waals surface area contributed by atoms with Gasteiger partial charge in [-0.3, -0.25) is 4.79 Å². The lowest BCUT2D eigenvalue weighted by Gasteiger charge is -2.35. The van der Waals surface area contributed by atoms with Gasteiger partial charge in [-0.05, 0) is 23.8 Å². The van der Waals surface area contributed by atoms with Crippen molar-refractivity contribution in [3.8, 4) is 0 Å². The molecule has 1 heterocycles. The van der Waals surface area contributed by atoms with Gasteiger partial charge in [-0.2, -0.15) is 0 Å². The van der Waals surface area contributed by atoms with Gasteiger partial charge >= 0.3 is 5.97 Å². The number of carbonyl (C=O) groups excluding carboxylic acids is 1. The number of fused-ring (bicyclic) bond motifs is 1. The van der Waals surface area contributed by atoms with Gasteiger partial charge in [0.1, 0.15) is 0 Å². The third-order valence-corrected chi connectivity index (χ3v) is 4.31. The minimum Gasteiger partial charge on any atom is -0.462 e. The Hall–Kier alpha value is -1.11. The predicted molar refractivity (Wildman–Crippen MR) is 73.8 cm³/mol. The third-order valence-electron chi connectivity index (χ3n) is 4.31. The van der Waals surface area contributed by atoms with Crippen LogP contribution in [-0.4, -0.2) is 46.9 Å². The minimum atomic E-state index is -0.814. The summed E-state index contributed by atoms with van der Waals surface area (Å²) < 4.78 is 10.8. The first-order valence-electron chi connectivity index (χ1n) is 7.41. The van der Waals surface area contributed by atoms with Gasteiger partial charge in [0.05, 0.1) is 19.0 Å². The molecule has 21 heavy (non-hydrogen) atoms. The number of hydrogen-bond acceptors (Lipinski definition) is 6. The maximum atomic E-state index is 11.8. The van der Waals surface area contributed by atoms with E-state index in [1.54, 1.807) is 0 Å². The summed E-state index contributed by atoms with van der Waals surface area (Å²) in [4.78, 5) is 11.8. The van der Waals surface area contributed by atoms with Crippen LogP contribution in [0.1, 0.15) is 26.7 Å². The molecule has 0 aromatic carbocycles. The molecule has 0 bridgehead atoms. The van der Waals surface area contributed by atoms with Crippen molar-refractivity contribution >= 4 is 5.97 Å². The Labute approximate surface area is 124 Å². The van der Waals surface area contributed by atoms with Crippen LogP contribution in [-0.2, 0) is 14.3 Å². The van der Waals surface area contributed by atoms with Gasteiger partial charge in [0.25, 0.3) is 0 Å². The average molecular weight is 300 g/mol. The molecule has 120 valence electrons. The lowest BCUT2D eigenvalue weighted by atomic mass is 9.83. The molecule has 1 fully saturated rings. The van der Waals surface area contributed by atoms with E-state index in [-0.39, 0.29) is 36.9 Å². The molecule has 1 aliphatic carbocycles. The minimum absolute atomic E-state index is 0.132. The fraction of sp³-hybridized carbons (Fsp3) is 0.800. The van der Waals surface area contributed by atoms with Crippen LogP contribution < -0.4 is 0 Å². The molecule has 1 aliphatic heterocycles. The Bertz CT molecular complexity index is 405. The summed E-state index contributed by atoms with van der Waals surface area (Å²) in [7, 11) is 0. The average Bonchev–Trinajstić information content (AvgIpc) is 2.74. The van der Waals surface area contributed by atoms with Gasteiger partial charge in [0.2, 0.25) is 6.29 Å². The largest absolute Gasteiger partial charge is 0.462 e. The molecular formula is C15H24O6. The SMILES string of the molecule is CC(C)CC(=O)OC1OC=C(CO)C2CC(O)C(CO)C12. The summed E-state index contributed by atoms with van der Waals surface area (Å²) in [6.07, 6.45) is 0.643. The van der Waals surface area contributed by atoms with E-state index < -0.39 is 18.3 Å². The van der Waals surface area contributed by atoms with Crippen LogP contribution in [0.25, 0.3) is 0 Å². The summed E-state index contributed by atoms with van der Waals surface area (Å²) in [6.45, 7) is 3.47. The number of ether oxygens (including phenoxy) is 2. The second-order valence-corrected chi connectivity index (χ2v) is 6.28. The molecule has 3 N–H and O–H groups in total. The fourth-order valence-corrected chi connectivity index (χ4v) is 3.28. The summed E-state index contributed by atoms with van der Waals surface area (Å²) in [6, 6.07) is 0. The molecular weight excluding hydrogens is 276 g/mol. The summed E-state index contributed by atoms with van der Waals surface area (Å²) in [5, 5.41) is 28.9. The standard InChI is InChI=1S/C15H24O6/c1-8(2)3-13(19)21-15-14-10(9(5-16)7-20-15)4-12(18)11(14)6-17/h7-8,10-12,14-18H,3-6H2,1-2H3. The molecule has 6 heteroatoms. The number of aliphatic hydroxyl groups excluding tert-OH is 3. The molecule has 5 unspecified atom stereocenters. The second-order valence-electron chi connectivity index (χ2n) is 6.28. The quantitative estimate of drug-likeness (QED) is 0.637. The molecule has 0 spiro atoms. The molecule has 6 nitrogen and oxygen atoms in total. The van der Waals surface area contributed by atoms with Crippen LogP contribution in [0.4, 0.5) is 0 Å². The third kappa shape index (κ3) is 3.39. The van der Waals surface area contributed by atoms with E-state index in [2.05, 4.69) is 0 Å². The zero-order valence-electron chi connectivity index (χ0n) is 12.4. The molecule has 0 aromatic rings. The first-order valence-corrected chi connectivity index (χ1v) is 7.41. The summed E-state index contributed by atoms with van der Waals surface area (Å²) >= 11 is 0. The van der Waals surface area contributed by atoms with Crippen molar-refractivity contribution in [2.24, 2.45) is 23.7 Å². The monoisotopic (exact) mass is 300 g/mol. The number of aliphatic hydroxyl groups is 3. The fourth-order valence-electron chi connectivity index (χ4n) is 3.28. The maximum Gasteiger partial charge on any atom is 0.309 e. The predicted octanol–water partition coefficient (Wildman–Crippen LogP) is 0.414. The number of carbonyl (C=O) groups is 1. The van der Waals surface area contributed by atoms with Crippen LogP contribution in [0.15, 0.2) is 11.8 Å². The zero-order valence-corrected chi connectivity index (χ0v) is 12.4. The van der Waals surface area contributed by atoms with Crippen LogP contribution in [0, 0.1) is 23.7 Å². The van der Waals surface area contributed by atoms with E-state index in [9.17, 15) is 20.1 Å². The van der Waals surface area contributed by atoms with E-state index >= 15 is 0 Å². The first-order chi connectivity index (χ1) is 9.97. The second kappa shape index (κ2) is 6.77. The van der Waals surface area contributed by atoms with E-state index in [4.69, 9.17) is 9.47 Å². The Morgan fingerprint density at radius 2 is 2.19 bits per heavy atom. The highest BCUT2D eigenvalue weighted by atomic mass is 16.7. The van der Waals surface area contributed by atoms with Crippen molar-refractivity contribution in [1.29, 1.82) is 0 Å². The van der Waals surface area contributed by atoms with Crippen molar-refractivity contribution in [1.82, 2.24) is 0 Å².